The van der Waals surface area contributed by atoms with Gasteiger partial charge in [0.15, 0.2) is 0 Å². The Labute approximate surface area is 89.6 Å². The molecule has 0 bridgehead atoms. The highest BCUT2D eigenvalue weighted by Gasteiger charge is 2.44. The maximum Gasteiger partial charge on any atom is 0.337 e. The number of hydrogen-bond donors (Lipinski definition) is 0. The Morgan fingerprint density at radius 2 is 1.87 bits per heavy atom. The average molecular weight is 258 g/mol. The van der Waals surface area contributed by atoms with Crippen LogP contribution in [0.15, 0.2) is 0 Å². The standard InChI is InChI=1S/C7H15O6PS/c1-3-11-14(8,12-4-2)7-5-13-15(9,10)6-7/h7H,3-6H2,1-2H3. The lowest BCUT2D eigenvalue weighted by Gasteiger charge is -2.20. The van der Waals surface area contributed by atoms with E-state index in [1.54, 1.807) is 13.8 Å². The van der Waals surface area contributed by atoms with Crippen molar-refractivity contribution in [2.45, 2.75) is 19.5 Å². The summed E-state index contributed by atoms with van der Waals surface area (Å²) in [5.41, 5.74) is -0.706. The van der Waals surface area contributed by atoms with Crippen LogP contribution in [0, 0.1) is 0 Å². The van der Waals surface area contributed by atoms with E-state index in [1.165, 1.54) is 0 Å². The largest absolute Gasteiger partial charge is 0.337 e. The molecule has 0 aromatic carbocycles. The first kappa shape index (κ1) is 13.1. The highest BCUT2D eigenvalue weighted by Crippen LogP contribution is 2.54. The van der Waals surface area contributed by atoms with Gasteiger partial charge in [0.2, 0.25) is 0 Å². The normalized spacial score (nSPS) is 25.6. The topological polar surface area (TPSA) is 78.9 Å². The molecule has 0 radical (unpaired) electrons. The maximum absolute atomic E-state index is 12.1. The van der Waals surface area contributed by atoms with Gasteiger partial charge in [0, 0.05) is 0 Å². The molecule has 6 nitrogen and oxygen atoms in total. The number of hydrogen-bond acceptors (Lipinski definition) is 6. The third kappa shape index (κ3) is 3.26. The molecule has 1 aliphatic rings. The summed E-state index contributed by atoms with van der Waals surface area (Å²) in [6.07, 6.45) is 0. The summed E-state index contributed by atoms with van der Waals surface area (Å²) in [4.78, 5) is 0. The van der Waals surface area contributed by atoms with Gasteiger partial charge < -0.3 is 9.05 Å². The van der Waals surface area contributed by atoms with Crippen LogP contribution in [-0.2, 0) is 27.9 Å². The lowest BCUT2D eigenvalue weighted by Crippen LogP contribution is -2.17. The monoisotopic (exact) mass is 258 g/mol. The second kappa shape index (κ2) is 4.93. The van der Waals surface area contributed by atoms with Gasteiger partial charge in [-0.25, -0.2) is 0 Å². The average Bonchev–Trinajstić information content (AvgIpc) is 2.47. The summed E-state index contributed by atoms with van der Waals surface area (Å²) < 4.78 is 48.8. The lowest BCUT2D eigenvalue weighted by atomic mass is 10.5. The van der Waals surface area contributed by atoms with Crippen LogP contribution in [0.5, 0.6) is 0 Å². The van der Waals surface area contributed by atoms with E-state index in [9.17, 15) is 13.0 Å². The fourth-order valence-corrected chi connectivity index (χ4v) is 5.19. The van der Waals surface area contributed by atoms with Crippen LogP contribution in [0.25, 0.3) is 0 Å². The van der Waals surface area contributed by atoms with Gasteiger partial charge in [-0.3, -0.25) is 8.75 Å². The van der Waals surface area contributed by atoms with E-state index >= 15 is 0 Å². The van der Waals surface area contributed by atoms with Gasteiger partial charge in [-0.05, 0) is 13.8 Å². The zero-order chi connectivity index (χ0) is 11.5. The molecule has 1 unspecified atom stereocenters. The molecule has 0 spiro atoms. The second-order valence-electron chi connectivity index (χ2n) is 3.04. The van der Waals surface area contributed by atoms with Crippen LogP contribution in [0.2, 0.25) is 0 Å². The first-order valence-corrected chi connectivity index (χ1v) is 7.88. The first-order valence-electron chi connectivity index (χ1n) is 4.69. The van der Waals surface area contributed by atoms with Crippen molar-refractivity contribution in [2.75, 3.05) is 25.6 Å². The molecule has 1 atom stereocenters. The summed E-state index contributed by atoms with van der Waals surface area (Å²) in [7, 11) is -6.90. The smallest absolute Gasteiger partial charge is 0.309 e. The summed E-state index contributed by atoms with van der Waals surface area (Å²) in [6, 6.07) is 0. The van der Waals surface area contributed by atoms with Gasteiger partial charge in [0.05, 0.1) is 25.6 Å². The molecule has 0 aromatic heterocycles. The molecule has 15 heavy (non-hydrogen) atoms. The minimum atomic E-state index is -3.55. The molecule has 1 rings (SSSR count). The molecule has 0 aliphatic carbocycles. The van der Waals surface area contributed by atoms with Gasteiger partial charge in [0.25, 0.3) is 10.1 Å². The lowest BCUT2D eigenvalue weighted by molar-refractivity contribution is 0.208. The van der Waals surface area contributed by atoms with E-state index in [1.807, 2.05) is 0 Å². The van der Waals surface area contributed by atoms with Crippen molar-refractivity contribution < 1.29 is 26.2 Å². The Morgan fingerprint density at radius 1 is 1.33 bits per heavy atom. The van der Waals surface area contributed by atoms with E-state index in [4.69, 9.17) is 9.05 Å². The minimum Gasteiger partial charge on any atom is -0.309 e. The molecule has 8 heteroatoms. The van der Waals surface area contributed by atoms with Crippen molar-refractivity contribution in [3.05, 3.63) is 0 Å². The quantitative estimate of drug-likeness (QED) is 0.540. The van der Waals surface area contributed by atoms with Crippen LogP contribution in [0.1, 0.15) is 13.8 Å². The van der Waals surface area contributed by atoms with Crippen molar-refractivity contribution in [3.63, 3.8) is 0 Å². The van der Waals surface area contributed by atoms with E-state index < -0.39 is 23.4 Å². The van der Waals surface area contributed by atoms with E-state index in [-0.39, 0.29) is 25.6 Å². The summed E-state index contributed by atoms with van der Waals surface area (Å²) in [6.45, 7) is 3.66. The molecule has 0 saturated carbocycles. The molecule has 1 saturated heterocycles. The molecule has 90 valence electrons. The van der Waals surface area contributed by atoms with Crippen molar-refractivity contribution in [3.8, 4) is 0 Å². The minimum absolute atomic E-state index is 0.125. The van der Waals surface area contributed by atoms with Crippen molar-refractivity contribution in [1.82, 2.24) is 0 Å². The highest BCUT2D eigenvalue weighted by molar-refractivity contribution is 7.87. The molecule has 1 fully saturated rings. The fourth-order valence-electron chi connectivity index (χ4n) is 1.30. The van der Waals surface area contributed by atoms with Crippen LogP contribution < -0.4 is 0 Å². The zero-order valence-electron chi connectivity index (χ0n) is 8.71. The Balaban J connectivity index is 2.78. The Hall–Kier alpha value is 0.0600. The highest BCUT2D eigenvalue weighted by atomic mass is 32.2. The summed E-state index contributed by atoms with van der Waals surface area (Å²) >= 11 is 0. The predicted octanol–water partition coefficient (Wildman–Crippen LogP) is 0.981. The van der Waals surface area contributed by atoms with Gasteiger partial charge in [0.1, 0.15) is 5.66 Å². The van der Waals surface area contributed by atoms with Crippen molar-refractivity contribution >= 4 is 17.7 Å². The third-order valence-corrected chi connectivity index (χ3v) is 5.92. The van der Waals surface area contributed by atoms with Crippen molar-refractivity contribution in [1.29, 1.82) is 0 Å². The molecular weight excluding hydrogens is 243 g/mol. The molecule has 0 amide bonds. The van der Waals surface area contributed by atoms with Crippen LogP contribution in [0.4, 0.5) is 0 Å². The molecule has 0 N–H and O–H groups in total. The van der Waals surface area contributed by atoms with Gasteiger partial charge in [-0.1, -0.05) is 0 Å². The summed E-state index contributed by atoms with van der Waals surface area (Å²) in [5.74, 6) is -0.301. The van der Waals surface area contributed by atoms with E-state index in [2.05, 4.69) is 4.18 Å². The van der Waals surface area contributed by atoms with E-state index in [0.717, 1.165) is 0 Å². The third-order valence-electron chi connectivity index (χ3n) is 1.90. The predicted molar refractivity (Wildman–Crippen MR) is 54.4 cm³/mol. The first-order chi connectivity index (χ1) is 6.93. The molecule has 0 aromatic rings. The van der Waals surface area contributed by atoms with Crippen LogP contribution in [0.3, 0.4) is 0 Å². The van der Waals surface area contributed by atoms with Crippen LogP contribution in [-0.4, -0.2) is 39.7 Å². The van der Waals surface area contributed by atoms with E-state index in [0.29, 0.717) is 0 Å². The Kier molecular flexibility index (Phi) is 4.31. The SMILES string of the molecule is CCOP(=O)(OCC)C1COS(=O)(=O)C1. The zero-order valence-corrected chi connectivity index (χ0v) is 10.4. The number of rotatable bonds is 5. The van der Waals surface area contributed by atoms with Crippen LogP contribution >= 0.6 is 7.60 Å². The maximum atomic E-state index is 12.1. The summed E-state index contributed by atoms with van der Waals surface area (Å²) in [5, 5.41) is 0. The molecule has 1 aliphatic heterocycles. The fraction of sp³-hybridized carbons (Fsp3) is 1.00. The second-order valence-corrected chi connectivity index (χ2v) is 7.05. The Morgan fingerprint density at radius 3 is 2.20 bits per heavy atom. The van der Waals surface area contributed by atoms with Gasteiger partial charge in [-0.2, -0.15) is 8.42 Å². The Bertz CT molecular complexity index is 340. The van der Waals surface area contributed by atoms with Crippen molar-refractivity contribution in [2.24, 2.45) is 0 Å². The van der Waals surface area contributed by atoms with Gasteiger partial charge >= 0.3 is 7.60 Å². The molecule has 1 heterocycles. The molecular formula is C7H15O6PS. The van der Waals surface area contributed by atoms with Gasteiger partial charge in [-0.15, -0.1) is 0 Å².